The predicted octanol–water partition coefficient (Wildman–Crippen LogP) is 3.83. The maximum absolute atomic E-state index is 13.8. The van der Waals surface area contributed by atoms with E-state index in [0.29, 0.717) is 9.99 Å². The molecule has 4 nitrogen and oxygen atoms in total. The van der Waals surface area contributed by atoms with Crippen LogP contribution >= 0.6 is 15.9 Å². The smallest absolute Gasteiger partial charge is 0.261 e. The molecule has 2 aromatic carbocycles. The van der Waals surface area contributed by atoms with E-state index in [4.69, 9.17) is 0 Å². The lowest BCUT2D eigenvalue weighted by Gasteiger charge is -2.10. The number of aromatic nitrogens is 1. The summed E-state index contributed by atoms with van der Waals surface area (Å²) in [7, 11) is 1.64. The van der Waals surface area contributed by atoms with Gasteiger partial charge in [0.05, 0.1) is 11.2 Å². The van der Waals surface area contributed by atoms with Crippen molar-refractivity contribution < 1.29 is 13.6 Å². The number of hydrogen-bond donors (Lipinski definition) is 1. The van der Waals surface area contributed by atoms with E-state index < -0.39 is 23.0 Å². The average Bonchev–Trinajstić information content (AvgIpc) is 2.53. The number of carbonyl (C=O) groups excluding carboxylic acids is 1. The highest BCUT2D eigenvalue weighted by Gasteiger charge is 2.16. The van der Waals surface area contributed by atoms with Crippen molar-refractivity contribution in [2.75, 3.05) is 5.32 Å². The topological polar surface area (TPSA) is 51.1 Å². The van der Waals surface area contributed by atoms with Crippen LogP contribution in [-0.2, 0) is 7.05 Å². The minimum absolute atomic E-state index is 0.0513. The standard InChI is InChI=1S/C17H11BrF2N2O2/c1-22-8-12(16(23)11-7-10(19)3-5-15(11)22)17(24)21-14-4-2-9(18)6-13(14)20/h2-8H,1H3,(H,21,24). The molecule has 1 heterocycles. The first-order valence-electron chi connectivity index (χ1n) is 6.92. The summed E-state index contributed by atoms with van der Waals surface area (Å²) in [6.07, 6.45) is 1.34. The number of pyridine rings is 1. The van der Waals surface area contributed by atoms with Crippen LogP contribution in [0.3, 0.4) is 0 Å². The summed E-state index contributed by atoms with van der Waals surface area (Å²) >= 11 is 3.12. The van der Waals surface area contributed by atoms with E-state index in [-0.39, 0.29) is 16.6 Å². The van der Waals surface area contributed by atoms with Gasteiger partial charge in [0, 0.05) is 23.1 Å². The minimum Gasteiger partial charge on any atom is -0.350 e. The van der Waals surface area contributed by atoms with Crippen molar-refractivity contribution in [2.24, 2.45) is 7.05 Å². The Morgan fingerprint density at radius 3 is 2.62 bits per heavy atom. The molecule has 0 aliphatic heterocycles. The van der Waals surface area contributed by atoms with Gasteiger partial charge in [-0.1, -0.05) is 15.9 Å². The number of halogens is 3. The molecule has 1 aromatic heterocycles. The molecular weight excluding hydrogens is 382 g/mol. The number of rotatable bonds is 2. The van der Waals surface area contributed by atoms with Gasteiger partial charge in [-0.05, 0) is 36.4 Å². The van der Waals surface area contributed by atoms with Gasteiger partial charge in [0.25, 0.3) is 5.91 Å². The molecule has 122 valence electrons. The fourth-order valence-corrected chi connectivity index (χ4v) is 2.74. The SMILES string of the molecule is Cn1cc(C(=O)Nc2ccc(Br)cc2F)c(=O)c2cc(F)ccc21. The summed E-state index contributed by atoms with van der Waals surface area (Å²) < 4.78 is 29.3. The van der Waals surface area contributed by atoms with Gasteiger partial charge in [-0.25, -0.2) is 8.78 Å². The number of fused-ring (bicyclic) bond motifs is 1. The Bertz CT molecular complexity index is 1030. The number of amides is 1. The third kappa shape index (κ3) is 2.94. The summed E-state index contributed by atoms with van der Waals surface area (Å²) in [5.74, 6) is -1.97. The third-order valence-corrected chi connectivity index (χ3v) is 4.07. The van der Waals surface area contributed by atoms with Gasteiger partial charge in [-0.3, -0.25) is 9.59 Å². The molecule has 0 spiro atoms. The Hall–Kier alpha value is -2.54. The van der Waals surface area contributed by atoms with Gasteiger partial charge in [0.1, 0.15) is 17.2 Å². The fourth-order valence-electron chi connectivity index (χ4n) is 2.41. The number of anilines is 1. The molecule has 0 saturated carbocycles. The van der Waals surface area contributed by atoms with Gasteiger partial charge in [-0.2, -0.15) is 0 Å². The van der Waals surface area contributed by atoms with Crippen LogP contribution < -0.4 is 10.7 Å². The highest BCUT2D eigenvalue weighted by atomic mass is 79.9. The molecule has 0 aliphatic rings. The van der Waals surface area contributed by atoms with Crippen molar-refractivity contribution >= 4 is 38.4 Å². The highest BCUT2D eigenvalue weighted by Crippen LogP contribution is 2.20. The summed E-state index contributed by atoms with van der Waals surface area (Å²) in [5, 5.41) is 2.44. The molecular formula is C17H11BrF2N2O2. The van der Waals surface area contributed by atoms with Gasteiger partial charge in [-0.15, -0.1) is 0 Å². The minimum atomic E-state index is -0.761. The molecule has 0 bridgehead atoms. The number of carbonyl (C=O) groups is 1. The highest BCUT2D eigenvalue weighted by molar-refractivity contribution is 9.10. The monoisotopic (exact) mass is 392 g/mol. The molecule has 24 heavy (non-hydrogen) atoms. The molecule has 0 fully saturated rings. The van der Waals surface area contributed by atoms with E-state index in [2.05, 4.69) is 21.2 Å². The molecule has 7 heteroatoms. The maximum Gasteiger partial charge on any atom is 0.261 e. The zero-order valence-corrected chi connectivity index (χ0v) is 14.0. The maximum atomic E-state index is 13.8. The first-order valence-corrected chi connectivity index (χ1v) is 7.71. The van der Waals surface area contributed by atoms with E-state index >= 15 is 0 Å². The van der Waals surface area contributed by atoms with Crippen LogP contribution in [0.5, 0.6) is 0 Å². The van der Waals surface area contributed by atoms with Gasteiger partial charge in [0.15, 0.2) is 0 Å². The lowest BCUT2D eigenvalue weighted by atomic mass is 10.1. The fraction of sp³-hybridized carbons (Fsp3) is 0.0588. The van der Waals surface area contributed by atoms with E-state index in [9.17, 15) is 18.4 Å². The molecule has 1 N–H and O–H groups in total. The zero-order chi connectivity index (χ0) is 17.4. The normalized spacial score (nSPS) is 10.8. The zero-order valence-electron chi connectivity index (χ0n) is 12.4. The molecule has 3 aromatic rings. The average molecular weight is 393 g/mol. The lowest BCUT2D eigenvalue weighted by Crippen LogP contribution is -2.23. The van der Waals surface area contributed by atoms with Crippen molar-refractivity contribution in [2.45, 2.75) is 0 Å². The molecule has 0 saturated heterocycles. The van der Waals surface area contributed by atoms with Crippen molar-refractivity contribution in [1.29, 1.82) is 0 Å². The number of aryl methyl sites for hydroxylation is 1. The van der Waals surface area contributed by atoms with E-state index in [1.54, 1.807) is 17.7 Å². The second kappa shape index (κ2) is 6.16. The predicted molar refractivity (Wildman–Crippen MR) is 91.2 cm³/mol. The van der Waals surface area contributed by atoms with Crippen LogP contribution in [-0.4, -0.2) is 10.5 Å². The Kier molecular flexibility index (Phi) is 4.19. The Morgan fingerprint density at radius 2 is 1.92 bits per heavy atom. The molecule has 3 rings (SSSR count). The second-order valence-corrected chi connectivity index (χ2v) is 6.14. The summed E-state index contributed by atoms with van der Waals surface area (Å²) in [6, 6.07) is 7.91. The number of nitrogens with one attached hydrogen (secondary N) is 1. The first kappa shape index (κ1) is 16.3. The summed E-state index contributed by atoms with van der Waals surface area (Å²) in [6.45, 7) is 0. The van der Waals surface area contributed by atoms with Crippen molar-refractivity contribution in [3.05, 3.63) is 74.5 Å². The summed E-state index contributed by atoms with van der Waals surface area (Å²) in [4.78, 5) is 24.8. The Balaban J connectivity index is 2.07. The summed E-state index contributed by atoms with van der Waals surface area (Å²) in [5.41, 5.74) is -0.368. The van der Waals surface area contributed by atoms with Crippen LogP contribution in [0.4, 0.5) is 14.5 Å². The largest absolute Gasteiger partial charge is 0.350 e. The first-order chi connectivity index (χ1) is 11.4. The molecule has 0 unspecified atom stereocenters. The van der Waals surface area contributed by atoms with Crippen molar-refractivity contribution in [3.8, 4) is 0 Å². The van der Waals surface area contributed by atoms with E-state index in [0.717, 1.165) is 6.07 Å². The molecule has 1 amide bonds. The quantitative estimate of drug-likeness (QED) is 0.720. The van der Waals surface area contributed by atoms with E-state index in [1.807, 2.05) is 0 Å². The lowest BCUT2D eigenvalue weighted by molar-refractivity contribution is 0.102. The van der Waals surface area contributed by atoms with Gasteiger partial charge in [0.2, 0.25) is 5.43 Å². The van der Waals surface area contributed by atoms with Crippen molar-refractivity contribution in [3.63, 3.8) is 0 Å². The third-order valence-electron chi connectivity index (χ3n) is 3.57. The van der Waals surface area contributed by atoms with Gasteiger partial charge < -0.3 is 9.88 Å². The molecule has 0 atom stereocenters. The second-order valence-electron chi connectivity index (χ2n) is 5.22. The van der Waals surface area contributed by atoms with Crippen LogP contribution in [0.1, 0.15) is 10.4 Å². The van der Waals surface area contributed by atoms with Crippen LogP contribution in [0.2, 0.25) is 0 Å². The van der Waals surface area contributed by atoms with Gasteiger partial charge >= 0.3 is 0 Å². The van der Waals surface area contributed by atoms with Crippen LogP contribution in [0.15, 0.2) is 51.9 Å². The van der Waals surface area contributed by atoms with E-state index in [1.165, 1.54) is 30.5 Å². The number of hydrogen-bond acceptors (Lipinski definition) is 2. The Labute approximate surface area is 143 Å². The molecule has 0 aliphatic carbocycles. The molecule has 0 radical (unpaired) electrons. The Morgan fingerprint density at radius 1 is 1.17 bits per heavy atom. The van der Waals surface area contributed by atoms with Crippen LogP contribution in [0.25, 0.3) is 10.9 Å². The number of benzene rings is 2. The number of nitrogens with zero attached hydrogens (tertiary/aromatic N) is 1. The van der Waals surface area contributed by atoms with Crippen LogP contribution in [0, 0.1) is 11.6 Å². The van der Waals surface area contributed by atoms with Crippen molar-refractivity contribution in [1.82, 2.24) is 4.57 Å².